The molecule has 1 N–H and O–H groups in total. The summed E-state index contributed by atoms with van der Waals surface area (Å²) in [6.45, 7) is 3.08. The number of thiophene rings is 1. The minimum Gasteiger partial charge on any atom is -0.356 e. The predicted molar refractivity (Wildman–Crippen MR) is 91.5 cm³/mol. The van der Waals surface area contributed by atoms with Gasteiger partial charge in [-0.2, -0.15) is 4.98 Å². The quantitative estimate of drug-likeness (QED) is 0.895. The molecule has 0 unspecified atom stereocenters. The number of nitrogens with one attached hydrogen (secondary N) is 1. The van der Waals surface area contributed by atoms with Crippen molar-refractivity contribution in [2.45, 2.75) is 51.5 Å². The molecular formula is C16H24N4S. The molecule has 1 aliphatic carbocycles. The van der Waals surface area contributed by atoms with Gasteiger partial charge in [-0.3, -0.25) is 0 Å². The molecule has 21 heavy (non-hydrogen) atoms. The van der Waals surface area contributed by atoms with Gasteiger partial charge in [0, 0.05) is 19.6 Å². The highest BCUT2D eigenvalue weighted by Crippen LogP contribution is 2.32. The summed E-state index contributed by atoms with van der Waals surface area (Å²) >= 11 is 1.70. The molecule has 2 aromatic heterocycles. The van der Waals surface area contributed by atoms with Gasteiger partial charge in [-0.05, 0) is 30.7 Å². The number of nitrogens with zero attached hydrogens (tertiary/aromatic N) is 3. The Labute approximate surface area is 130 Å². The lowest BCUT2D eigenvalue weighted by Gasteiger charge is -2.32. The van der Waals surface area contributed by atoms with Gasteiger partial charge in [-0.25, -0.2) is 4.98 Å². The molecule has 1 fully saturated rings. The molecule has 1 aliphatic rings. The average molecular weight is 304 g/mol. The Bertz CT molecular complexity index is 589. The molecule has 0 amide bonds. The fraction of sp³-hybridized carbons (Fsp3) is 0.625. The van der Waals surface area contributed by atoms with Crippen LogP contribution in [0, 0.1) is 0 Å². The summed E-state index contributed by atoms with van der Waals surface area (Å²) in [5, 5.41) is 6.63. The lowest BCUT2D eigenvalue weighted by molar-refractivity contribution is 0.426. The van der Waals surface area contributed by atoms with Gasteiger partial charge in [-0.15, -0.1) is 11.3 Å². The molecule has 5 heteroatoms. The number of hydrogen-bond acceptors (Lipinski definition) is 5. The topological polar surface area (TPSA) is 41.1 Å². The van der Waals surface area contributed by atoms with E-state index in [9.17, 15) is 0 Å². The normalized spacial score (nSPS) is 16.3. The highest BCUT2D eigenvalue weighted by atomic mass is 32.1. The van der Waals surface area contributed by atoms with Crippen molar-refractivity contribution in [3.8, 4) is 0 Å². The van der Waals surface area contributed by atoms with Crippen LogP contribution in [-0.4, -0.2) is 29.6 Å². The van der Waals surface area contributed by atoms with Crippen LogP contribution in [0.3, 0.4) is 0 Å². The Morgan fingerprint density at radius 1 is 1.29 bits per heavy atom. The van der Waals surface area contributed by atoms with E-state index in [2.05, 4.69) is 40.6 Å². The third-order valence-corrected chi connectivity index (χ3v) is 5.10. The summed E-state index contributed by atoms with van der Waals surface area (Å²) in [5.41, 5.74) is 0. The first-order chi connectivity index (χ1) is 10.3. The first kappa shape index (κ1) is 14.6. The van der Waals surface area contributed by atoms with Gasteiger partial charge in [-0.1, -0.05) is 26.2 Å². The molecule has 2 aromatic rings. The van der Waals surface area contributed by atoms with Crippen LogP contribution in [-0.2, 0) is 0 Å². The van der Waals surface area contributed by atoms with E-state index in [1.165, 1.54) is 37.5 Å². The van der Waals surface area contributed by atoms with Gasteiger partial charge in [0.05, 0.1) is 5.39 Å². The van der Waals surface area contributed by atoms with Crippen molar-refractivity contribution >= 4 is 33.3 Å². The Morgan fingerprint density at radius 2 is 2.10 bits per heavy atom. The molecule has 1 saturated carbocycles. The van der Waals surface area contributed by atoms with E-state index in [-0.39, 0.29) is 0 Å². The zero-order valence-electron chi connectivity index (χ0n) is 12.9. The maximum atomic E-state index is 4.80. The van der Waals surface area contributed by atoms with Crippen molar-refractivity contribution in [1.82, 2.24) is 9.97 Å². The molecule has 0 radical (unpaired) electrons. The zero-order chi connectivity index (χ0) is 14.7. The van der Waals surface area contributed by atoms with Gasteiger partial charge in [0.15, 0.2) is 0 Å². The monoisotopic (exact) mass is 304 g/mol. The molecular weight excluding hydrogens is 280 g/mol. The number of aromatic nitrogens is 2. The van der Waals surface area contributed by atoms with Crippen molar-refractivity contribution < 1.29 is 0 Å². The van der Waals surface area contributed by atoms with Crippen LogP contribution in [0.1, 0.15) is 45.4 Å². The molecule has 0 spiro atoms. The smallest absolute Gasteiger partial charge is 0.226 e. The largest absolute Gasteiger partial charge is 0.356 e. The maximum absolute atomic E-state index is 4.80. The molecule has 0 aromatic carbocycles. The average Bonchev–Trinajstić information content (AvgIpc) is 3.00. The first-order valence-corrected chi connectivity index (χ1v) is 8.89. The summed E-state index contributed by atoms with van der Waals surface area (Å²) in [6, 6.07) is 2.77. The van der Waals surface area contributed by atoms with Crippen LogP contribution in [0.15, 0.2) is 11.4 Å². The fourth-order valence-electron chi connectivity index (χ4n) is 3.07. The SMILES string of the molecule is CCCNc1nc(N(C)C2CCCCC2)c2ccsc2n1. The minimum absolute atomic E-state index is 0.621. The summed E-state index contributed by atoms with van der Waals surface area (Å²) in [4.78, 5) is 12.9. The lowest BCUT2D eigenvalue weighted by Crippen LogP contribution is -2.34. The van der Waals surface area contributed by atoms with Gasteiger partial charge >= 0.3 is 0 Å². The summed E-state index contributed by atoms with van der Waals surface area (Å²) in [5.74, 6) is 1.86. The Kier molecular flexibility index (Phi) is 4.58. The van der Waals surface area contributed by atoms with Gasteiger partial charge in [0.25, 0.3) is 0 Å². The van der Waals surface area contributed by atoms with Crippen LogP contribution in [0.4, 0.5) is 11.8 Å². The van der Waals surface area contributed by atoms with Crippen molar-refractivity contribution in [2.24, 2.45) is 0 Å². The van der Waals surface area contributed by atoms with Crippen LogP contribution in [0.2, 0.25) is 0 Å². The number of rotatable bonds is 5. The van der Waals surface area contributed by atoms with Crippen molar-refractivity contribution in [3.63, 3.8) is 0 Å². The van der Waals surface area contributed by atoms with Crippen molar-refractivity contribution in [2.75, 3.05) is 23.8 Å². The Balaban J connectivity index is 1.92. The van der Waals surface area contributed by atoms with Crippen molar-refractivity contribution in [1.29, 1.82) is 0 Å². The van der Waals surface area contributed by atoms with E-state index in [0.29, 0.717) is 6.04 Å². The summed E-state index contributed by atoms with van der Waals surface area (Å²) in [7, 11) is 2.19. The molecule has 0 bridgehead atoms. The minimum atomic E-state index is 0.621. The summed E-state index contributed by atoms with van der Waals surface area (Å²) < 4.78 is 0. The van der Waals surface area contributed by atoms with Gasteiger partial charge in [0.1, 0.15) is 10.6 Å². The van der Waals surface area contributed by atoms with E-state index in [1.807, 2.05) is 0 Å². The van der Waals surface area contributed by atoms with Crippen LogP contribution >= 0.6 is 11.3 Å². The predicted octanol–water partition coefficient (Wildman–Crippen LogP) is 4.28. The van der Waals surface area contributed by atoms with Gasteiger partial charge in [0.2, 0.25) is 5.95 Å². The zero-order valence-corrected chi connectivity index (χ0v) is 13.7. The number of fused-ring (bicyclic) bond motifs is 1. The van der Waals surface area contributed by atoms with Crippen LogP contribution in [0.25, 0.3) is 10.2 Å². The highest BCUT2D eigenvalue weighted by molar-refractivity contribution is 7.16. The fourth-order valence-corrected chi connectivity index (χ4v) is 3.82. The van der Waals surface area contributed by atoms with Crippen molar-refractivity contribution in [3.05, 3.63) is 11.4 Å². The second-order valence-corrected chi connectivity index (χ2v) is 6.73. The van der Waals surface area contributed by atoms with E-state index in [0.717, 1.165) is 29.6 Å². The summed E-state index contributed by atoms with van der Waals surface area (Å²) in [6.07, 6.45) is 7.71. The standard InChI is InChI=1S/C16H24N4S/c1-3-10-17-16-18-14(13-9-11-21-15(13)19-16)20(2)12-7-5-4-6-8-12/h9,11-12H,3-8,10H2,1-2H3,(H,17,18,19). The number of hydrogen-bond donors (Lipinski definition) is 1. The second kappa shape index (κ2) is 6.60. The van der Waals surface area contributed by atoms with Gasteiger partial charge < -0.3 is 10.2 Å². The molecule has 0 saturated heterocycles. The molecule has 2 heterocycles. The van der Waals surface area contributed by atoms with E-state index < -0.39 is 0 Å². The Hall–Kier alpha value is -1.36. The van der Waals surface area contributed by atoms with E-state index in [1.54, 1.807) is 11.3 Å². The van der Waals surface area contributed by atoms with E-state index >= 15 is 0 Å². The van der Waals surface area contributed by atoms with Crippen LogP contribution < -0.4 is 10.2 Å². The third-order valence-electron chi connectivity index (χ3n) is 4.29. The first-order valence-electron chi connectivity index (χ1n) is 8.01. The van der Waals surface area contributed by atoms with E-state index in [4.69, 9.17) is 4.98 Å². The highest BCUT2D eigenvalue weighted by Gasteiger charge is 2.22. The molecule has 3 rings (SSSR count). The molecule has 0 aliphatic heterocycles. The number of anilines is 2. The Morgan fingerprint density at radius 3 is 2.86 bits per heavy atom. The molecule has 4 nitrogen and oxygen atoms in total. The molecule has 0 atom stereocenters. The maximum Gasteiger partial charge on any atom is 0.226 e. The third kappa shape index (κ3) is 3.12. The second-order valence-electron chi connectivity index (χ2n) is 5.84. The molecule has 114 valence electrons. The van der Waals surface area contributed by atoms with Crippen LogP contribution in [0.5, 0.6) is 0 Å². The lowest BCUT2D eigenvalue weighted by atomic mass is 9.94.